The van der Waals surface area contributed by atoms with Gasteiger partial charge in [-0.2, -0.15) is 0 Å². The van der Waals surface area contributed by atoms with Crippen LogP contribution in [0.3, 0.4) is 0 Å². The molecule has 2 N–H and O–H groups in total. The van der Waals surface area contributed by atoms with Crippen LogP contribution in [0, 0.1) is 19.7 Å². The number of aryl methyl sites for hydroxylation is 2. The van der Waals surface area contributed by atoms with E-state index in [2.05, 4.69) is 16.5 Å². The molecule has 1 heterocycles. The van der Waals surface area contributed by atoms with E-state index in [4.69, 9.17) is 5.73 Å². The Balaban J connectivity index is 2.14. The molecule has 2 aromatic carbocycles. The van der Waals surface area contributed by atoms with Crippen LogP contribution in [0.15, 0.2) is 36.4 Å². The van der Waals surface area contributed by atoms with E-state index in [0.717, 1.165) is 22.4 Å². The fraction of sp³-hybridized carbons (Fsp3) is 0.235. The average Bonchev–Trinajstić information content (AvgIpc) is 2.76. The van der Waals surface area contributed by atoms with Crippen molar-refractivity contribution in [2.45, 2.75) is 26.8 Å². The number of fused-ring (bicyclic) bond motifs is 1. The van der Waals surface area contributed by atoms with Crippen LogP contribution in [0.5, 0.6) is 0 Å². The number of nitrogens with zero attached hydrogens (tertiary/aromatic N) is 2. The highest BCUT2D eigenvalue weighted by Crippen LogP contribution is 2.27. The predicted octanol–water partition coefficient (Wildman–Crippen LogP) is 3.98. The number of halogens is 1. The SMILES string of the molecule is Cc1ccc(C(C)n2c(C)nc3cc(N)ccc32)cc1F. The molecule has 3 aromatic rings. The van der Waals surface area contributed by atoms with Gasteiger partial charge >= 0.3 is 0 Å². The molecule has 0 aliphatic heterocycles. The Morgan fingerprint density at radius 2 is 1.90 bits per heavy atom. The van der Waals surface area contributed by atoms with E-state index < -0.39 is 0 Å². The summed E-state index contributed by atoms with van der Waals surface area (Å²) in [5.74, 6) is 0.717. The molecule has 3 nitrogen and oxygen atoms in total. The van der Waals surface area contributed by atoms with Crippen LogP contribution in [0.4, 0.5) is 10.1 Å². The van der Waals surface area contributed by atoms with Gasteiger partial charge < -0.3 is 10.3 Å². The summed E-state index contributed by atoms with van der Waals surface area (Å²) in [6.45, 7) is 5.77. The van der Waals surface area contributed by atoms with Gasteiger partial charge in [-0.25, -0.2) is 9.37 Å². The standard InChI is InChI=1S/C17H18FN3/c1-10-4-5-13(8-15(10)18)11(2)21-12(3)20-16-9-14(19)6-7-17(16)21/h4-9,11H,19H2,1-3H3. The number of hydrogen-bond acceptors (Lipinski definition) is 2. The van der Waals surface area contributed by atoms with E-state index in [-0.39, 0.29) is 11.9 Å². The number of benzene rings is 2. The van der Waals surface area contributed by atoms with Crippen molar-refractivity contribution in [3.63, 3.8) is 0 Å². The smallest absolute Gasteiger partial charge is 0.126 e. The molecule has 3 rings (SSSR count). The molecule has 108 valence electrons. The van der Waals surface area contributed by atoms with Crippen LogP contribution in [0.2, 0.25) is 0 Å². The first-order valence-electron chi connectivity index (χ1n) is 6.97. The highest BCUT2D eigenvalue weighted by molar-refractivity contribution is 5.80. The number of aromatic nitrogens is 2. The summed E-state index contributed by atoms with van der Waals surface area (Å²) < 4.78 is 15.9. The zero-order valence-corrected chi connectivity index (χ0v) is 12.4. The summed E-state index contributed by atoms with van der Waals surface area (Å²) in [6, 6.07) is 11.1. The first-order chi connectivity index (χ1) is 9.97. The largest absolute Gasteiger partial charge is 0.399 e. The monoisotopic (exact) mass is 283 g/mol. The third kappa shape index (κ3) is 2.27. The molecule has 0 spiro atoms. The average molecular weight is 283 g/mol. The summed E-state index contributed by atoms with van der Waals surface area (Å²) in [4.78, 5) is 4.55. The normalized spacial score (nSPS) is 12.8. The highest BCUT2D eigenvalue weighted by Gasteiger charge is 2.16. The minimum atomic E-state index is -0.175. The Kier molecular flexibility index (Phi) is 3.16. The molecule has 1 aromatic heterocycles. The second-order valence-electron chi connectivity index (χ2n) is 5.46. The first-order valence-corrected chi connectivity index (χ1v) is 6.97. The summed E-state index contributed by atoms with van der Waals surface area (Å²) in [6.07, 6.45) is 0. The predicted molar refractivity (Wildman–Crippen MR) is 83.8 cm³/mol. The number of hydrogen-bond donors (Lipinski definition) is 1. The second kappa shape index (κ2) is 4.88. The lowest BCUT2D eigenvalue weighted by atomic mass is 10.1. The van der Waals surface area contributed by atoms with Gasteiger partial charge in [-0.05, 0) is 56.2 Å². The Labute approximate surface area is 123 Å². The lowest BCUT2D eigenvalue weighted by molar-refractivity contribution is 0.598. The quantitative estimate of drug-likeness (QED) is 0.723. The maximum Gasteiger partial charge on any atom is 0.126 e. The van der Waals surface area contributed by atoms with Crippen LogP contribution >= 0.6 is 0 Å². The molecular formula is C17H18FN3. The van der Waals surface area contributed by atoms with Gasteiger partial charge in [0.05, 0.1) is 17.1 Å². The van der Waals surface area contributed by atoms with E-state index in [1.54, 1.807) is 13.0 Å². The number of imidazole rings is 1. The lowest BCUT2D eigenvalue weighted by Crippen LogP contribution is -2.09. The minimum Gasteiger partial charge on any atom is -0.399 e. The van der Waals surface area contributed by atoms with E-state index in [0.29, 0.717) is 11.3 Å². The fourth-order valence-electron chi connectivity index (χ4n) is 2.74. The van der Waals surface area contributed by atoms with Crippen LogP contribution in [0.25, 0.3) is 11.0 Å². The Hall–Kier alpha value is -2.36. The molecule has 0 bridgehead atoms. The molecule has 0 amide bonds. The molecule has 4 heteroatoms. The minimum absolute atomic E-state index is 0.00808. The van der Waals surface area contributed by atoms with Crippen molar-refractivity contribution < 1.29 is 4.39 Å². The molecule has 0 fully saturated rings. The summed E-state index contributed by atoms with van der Waals surface area (Å²) in [7, 11) is 0. The van der Waals surface area contributed by atoms with Crippen molar-refractivity contribution in [3.05, 3.63) is 59.2 Å². The molecule has 0 aliphatic rings. The maximum absolute atomic E-state index is 13.8. The van der Waals surface area contributed by atoms with Gasteiger partial charge in [-0.3, -0.25) is 0 Å². The van der Waals surface area contributed by atoms with E-state index >= 15 is 0 Å². The summed E-state index contributed by atoms with van der Waals surface area (Å²) in [5.41, 5.74) is 9.97. The fourth-order valence-corrected chi connectivity index (χ4v) is 2.74. The van der Waals surface area contributed by atoms with Crippen molar-refractivity contribution in [2.24, 2.45) is 0 Å². The van der Waals surface area contributed by atoms with Crippen LogP contribution in [0.1, 0.15) is 29.9 Å². The molecule has 1 unspecified atom stereocenters. The summed E-state index contributed by atoms with van der Waals surface area (Å²) in [5, 5.41) is 0. The van der Waals surface area contributed by atoms with Gasteiger partial charge in [0, 0.05) is 5.69 Å². The third-order valence-corrected chi connectivity index (χ3v) is 3.96. The van der Waals surface area contributed by atoms with E-state index in [1.165, 1.54) is 0 Å². The van der Waals surface area contributed by atoms with Crippen molar-refractivity contribution in [3.8, 4) is 0 Å². The molecule has 0 aliphatic carbocycles. The maximum atomic E-state index is 13.8. The van der Waals surface area contributed by atoms with Crippen LogP contribution in [-0.4, -0.2) is 9.55 Å². The molecule has 0 saturated heterocycles. The number of nitrogens with two attached hydrogens (primary N) is 1. The van der Waals surface area contributed by atoms with Gasteiger partial charge in [-0.1, -0.05) is 12.1 Å². The topological polar surface area (TPSA) is 43.8 Å². The van der Waals surface area contributed by atoms with Gasteiger partial charge in [0.25, 0.3) is 0 Å². The zero-order chi connectivity index (χ0) is 15.1. The van der Waals surface area contributed by atoms with E-state index in [1.807, 2.05) is 37.3 Å². The molecule has 0 radical (unpaired) electrons. The molecule has 21 heavy (non-hydrogen) atoms. The van der Waals surface area contributed by atoms with Crippen molar-refractivity contribution >= 4 is 16.7 Å². The van der Waals surface area contributed by atoms with Crippen molar-refractivity contribution in [1.29, 1.82) is 0 Å². The van der Waals surface area contributed by atoms with Gasteiger partial charge in [0.1, 0.15) is 11.6 Å². The van der Waals surface area contributed by atoms with Crippen LogP contribution in [-0.2, 0) is 0 Å². The first kappa shape index (κ1) is 13.6. The number of rotatable bonds is 2. The second-order valence-corrected chi connectivity index (χ2v) is 5.46. The van der Waals surface area contributed by atoms with Gasteiger partial charge in [-0.15, -0.1) is 0 Å². The zero-order valence-electron chi connectivity index (χ0n) is 12.4. The molecular weight excluding hydrogens is 265 g/mol. The molecule has 0 saturated carbocycles. The van der Waals surface area contributed by atoms with Crippen molar-refractivity contribution in [2.75, 3.05) is 5.73 Å². The van der Waals surface area contributed by atoms with Crippen molar-refractivity contribution in [1.82, 2.24) is 9.55 Å². The van der Waals surface area contributed by atoms with Gasteiger partial charge in [0.2, 0.25) is 0 Å². The Morgan fingerprint density at radius 3 is 2.62 bits per heavy atom. The van der Waals surface area contributed by atoms with Gasteiger partial charge in [0.15, 0.2) is 0 Å². The molecule has 1 atom stereocenters. The number of anilines is 1. The Morgan fingerprint density at radius 1 is 1.14 bits per heavy atom. The number of nitrogen functional groups attached to an aromatic ring is 1. The Bertz CT molecular complexity index is 820. The summed E-state index contributed by atoms with van der Waals surface area (Å²) >= 11 is 0. The van der Waals surface area contributed by atoms with Crippen LogP contribution < -0.4 is 5.73 Å². The third-order valence-electron chi connectivity index (χ3n) is 3.96. The van der Waals surface area contributed by atoms with E-state index in [9.17, 15) is 4.39 Å². The highest BCUT2D eigenvalue weighted by atomic mass is 19.1. The lowest BCUT2D eigenvalue weighted by Gasteiger charge is -2.17.